The second-order valence-electron chi connectivity index (χ2n) is 3.24. The third-order valence-electron chi connectivity index (χ3n) is 2.35. The number of hydrogen-bond acceptors (Lipinski definition) is 2. The molecule has 1 aliphatic carbocycles. The lowest BCUT2D eigenvalue weighted by Gasteiger charge is -2.23. The number of alkyl halides is 1. The number of hydrogen-bond donors (Lipinski definition) is 2. The highest BCUT2D eigenvalue weighted by atomic mass is 127. The van der Waals surface area contributed by atoms with Crippen molar-refractivity contribution in [3.8, 4) is 0 Å². The van der Waals surface area contributed by atoms with Crippen molar-refractivity contribution in [3.05, 3.63) is 11.6 Å². The highest BCUT2D eigenvalue weighted by Gasteiger charge is 2.35. The van der Waals surface area contributed by atoms with Crippen molar-refractivity contribution in [2.75, 3.05) is 11.0 Å². The van der Waals surface area contributed by atoms with Crippen LogP contribution < -0.4 is 5.73 Å². The van der Waals surface area contributed by atoms with E-state index >= 15 is 0 Å². The van der Waals surface area contributed by atoms with Crippen molar-refractivity contribution in [2.24, 2.45) is 11.7 Å². The fourth-order valence-corrected chi connectivity index (χ4v) is 2.41. The summed E-state index contributed by atoms with van der Waals surface area (Å²) in [4.78, 5) is 0. The molecule has 0 aromatic carbocycles. The lowest BCUT2D eigenvalue weighted by molar-refractivity contribution is 0.0739. The first kappa shape index (κ1) is 9.48. The molecule has 2 nitrogen and oxygen atoms in total. The first-order valence-electron chi connectivity index (χ1n) is 3.81. The van der Waals surface area contributed by atoms with Crippen LogP contribution in [0.1, 0.15) is 13.3 Å². The average Bonchev–Trinajstić information content (AvgIpc) is 2.29. The van der Waals surface area contributed by atoms with Crippen LogP contribution in [0.2, 0.25) is 0 Å². The van der Waals surface area contributed by atoms with Crippen molar-refractivity contribution in [3.63, 3.8) is 0 Å². The Labute approximate surface area is 81.0 Å². The minimum absolute atomic E-state index is 0.331. The minimum atomic E-state index is -0.588. The Morgan fingerprint density at radius 3 is 2.82 bits per heavy atom. The van der Waals surface area contributed by atoms with Crippen LogP contribution in [-0.4, -0.2) is 21.7 Å². The molecular formula is C8H14INO. The molecule has 0 saturated heterocycles. The molecule has 0 spiro atoms. The molecule has 1 aliphatic rings. The molecule has 0 heterocycles. The Kier molecular flexibility index (Phi) is 2.94. The number of halogens is 1. The Morgan fingerprint density at radius 1 is 1.91 bits per heavy atom. The molecule has 3 heteroatoms. The van der Waals surface area contributed by atoms with Crippen LogP contribution in [0.5, 0.6) is 0 Å². The molecule has 2 atom stereocenters. The van der Waals surface area contributed by atoms with E-state index in [1.165, 1.54) is 5.57 Å². The van der Waals surface area contributed by atoms with Gasteiger partial charge in [-0.15, -0.1) is 0 Å². The van der Waals surface area contributed by atoms with Gasteiger partial charge in [0.15, 0.2) is 0 Å². The van der Waals surface area contributed by atoms with Crippen LogP contribution in [0.25, 0.3) is 0 Å². The van der Waals surface area contributed by atoms with Crippen molar-refractivity contribution < 1.29 is 5.11 Å². The minimum Gasteiger partial charge on any atom is -0.385 e. The first-order chi connectivity index (χ1) is 5.12. The molecule has 0 bridgehead atoms. The maximum atomic E-state index is 9.93. The van der Waals surface area contributed by atoms with Crippen LogP contribution in [0, 0.1) is 5.92 Å². The summed E-state index contributed by atoms with van der Waals surface area (Å²) in [5.41, 5.74) is 6.09. The molecule has 0 radical (unpaired) electrons. The first-order valence-corrected chi connectivity index (χ1v) is 5.34. The van der Waals surface area contributed by atoms with E-state index in [1.807, 2.05) is 6.08 Å². The van der Waals surface area contributed by atoms with Crippen molar-refractivity contribution >= 4 is 22.6 Å². The van der Waals surface area contributed by atoms with Gasteiger partial charge in [-0.1, -0.05) is 41.2 Å². The van der Waals surface area contributed by atoms with Gasteiger partial charge in [0.2, 0.25) is 0 Å². The molecular weight excluding hydrogens is 253 g/mol. The molecule has 3 N–H and O–H groups in total. The highest BCUT2D eigenvalue weighted by molar-refractivity contribution is 14.1. The third-order valence-corrected chi connectivity index (χ3v) is 3.57. The lowest BCUT2D eigenvalue weighted by Crippen LogP contribution is -2.32. The molecule has 0 aliphatic heterocycles. The molecule has 11 heavy (non-hydrogen) atoms. The van der Waals surface area contributed by atoms with E-state index < -0.39 is 5.60 Å². The predicted octanol–water partition coefficient (Wildman–Crippen LogP) is 1.08. The summed E-state index contributed by atoms with van der Waals surface area (Å²) >= 11 is 2.21. The topological polar surface area (TPSA) is 46.2 Å². The zero-order valence-corrected chi connectivity index (χ0v) is 8.84. The van der Waals surface area contributed by atoms with E-state index in [1.54, 1.807) is 0 Å². The molecule has 1 rings (SSSR count). The lowest BCUT2D eigenvalue weighted by atomic mass is 9.95. The molecule has 0 aromatic heterocycles. The number of aliphatic hydroxyl groups is 1. The van der Waals surface area contributed by atoms with Gasteiger partial charge in [0.1, 0.15) is 0 Å². The normalized spacial score (nSPS) is 37.5. The Balaban J connectivity index is 2.74. The molecule has 0 aromatic rings. The third kappa shape index (κ3) is 1.76. The van der Waals surface area contributed by atoms with E-state index in [2.05, 4.69) is 29.5 Å². The standard InChI is InChI=1S/C8H14INO/c1-6-2-7(4-10)3-8(6,11)5-9/h3,6,11H,2,4-5,10H2,1H3/t6-,8+/m1/s1. The molecule has 0 saturated carbocycles. The number of rotatable bonds is 2. The zero-order chi connectivity index (χ0) is 8.48. The SMILES string of the molecule is C[C@@H]1CC(CN)=C[C@]1(O)CI. The smallest absolute Gasteiger partial charge is 0.0948 e. The van der Waals surface area contributed by atoms with Gasteiger partial charge < -0.3 is 10.8 Å². The van der Waals surface area contributed by atoms with Gasteiger partial charge in [0.25, 0.3) is 0 Å². The Morgan fingerprint density at radius 2 is 2.55 bits per heavy atom. The van der Waals surface area contributed by atoms with Gasteiger partial charge in [0.05, 0.1) is 5.60 Å². The van der Waals surface area contributed by atoms with E-state index in [0.717, 1.165) is 10.8 Å². The summed E-state index contributed by atoms with van der Waals surface area (Å²) < 4.78 is 0.759. The zero-order valence-electron chi connectivity index (χ0n) is 6.68. The highest BCUT2D eigenvalue weighted by Crippen LogP contribution is 2.34. The van der Waals surface area contributed by atoms with E-state index in [-0.39, 0.29) is 0 Å². The van der Waals surface area contributed by atoms with E-state index in [4.69, 9.17) is 5.73 Å². The Bertz CT molecular complexity index is 181. The summed E-state index contributed by atoms with van der Waals surface area (Å²) in [6, 6.07) is 0. The van der Waals surface area contributed by atoms with Crippen LogP contribution >= 0.6 is 22.6 Å². The monoisotopic (exact) mass is 267 g/mol. The van der Waals surface area contributed by atoms with Crippen molar-refractivity contribution in [1.82, 2.24) is 0 Å². The fraction of sp³-hybridized carbons (Fsp3) is 0.750. The quantitative estimate of drug-likeness (QED) is 0.447. The molecule has 0 unspecified atom stereocenters. The van der Waals surface area contributed by atoms with Crippen LogP contribution in [-0.2, 0) is 0 Å². The summed E-state index contributed by atoms with van der Waals surface area (Å²) in [7, 11) is 0. The van der Waals surface area contributed by atoms with Gasteiger partial charge >= 0.3 is 0 Å². The van der Waals surface area contributed by atoms with Crippen molar-refractivity contribution in [1.29, 1.82) is 0 Å². The van der Waals surface area contributed by atoms with Crippen LogP contribution in [0.15, 0.2) is 11.6 Å². The Hall–Kier alpha value is 0.390. The molecule has 0 amide bonds. The van der Waals surface area contributed by atoms with E-state index in [9.17, 15) is 5.11 Å². The van der Waals surface area contributed by atoms with Gasteiger partial charge in [0, 0.05) is 11.0 Å². The summed E-state index contributed by atoms with van der Waals surface area (Å²) in [5.74, 6) is 0.331. The van der Waals surface area contributed by atoms with Gasteiger partial charge in [-0.2, -0.15) is 0 Å². The largest absolute Gasteiger partial charge is 0.385 e. The van der Waals surface area contributed by atoms with Crippen molar-refractivity contribution in [2.45, 2.75) is 18.9 Å². The van der Waals surface area contributed by atoms with Crippen LogP contribution in [0.4, 0.5) is 0 Å². The second kappa shape index (κ2) is 3.41. The summed E-state index contributed by atoms with van der Waals surface area (Å²) in [6.45, 7) is 2.65. The maximum absolute atomic E-state index is 9.93. The van der Waals surface area contributed by atoms with Gasteiger partial charge in [-0.05, 0) is 12.3 Å². The van der Waals surface area contributed by atoms with E-state index in [0.29, 0.717) is 12.5 Å². The number of nitrogens with two attached hydrogens (primary N) is 1. The summed E-state index contributed by atoms with van der Waals surface area (Å²) in [6.07, 6.45) is 2.89. The average molecular weight is 267 g/mol. The summed E-state index contributed by atoms with van der Waals surface area (Å²) in [5, 5.41) is 9.93. The van der Waals surface area contributed by atoms with Gasteiger partial charge in [-0.3, -0.25) is 0 Å². The van der Waals surface area contributed by atoms with Crippen LogP contribution in [0.3, 0.4) is 0 Å². The molecule has 64 valence electrons. The maximum Gasteiger partial charge on any atom is 0.0948 e. The van der Waals surface area contributed by atoms with Gasteiger partial charge in [-0.25, -0.2) is 0 Å². The predicted molar refractivity (Wildman–Crippen MR) is 54.8 cm³/mol. The second-order valence-corrected chi connectivity index (χ2v) is 4.00. The fourth-order valence-electron chi connectivity index (χ4n) is 1.44. The molecule has 0 fully saturated rings.